The van der Waals surface area contributed by atoms with E-state index in [1.807, 2.05) is 49.4 Å². The Morgan fingerprint density at radius 2 is 2.00 bits per heavy atom. The van der Waals surface area contributed by atoms with Gasteiger partial charge in [0.05, 0.1) is 13.2 Å². The second-order valence-corrected chi connectivity index (χ2v) is 8.11. The van der Waals surface area contributed by atoms with Crippen LogP contribution in [0, 0.1) is 0 Å². The first kappa shape index (κ1) is 25.0. The van der Waals surface area contributed by atoms with Gasteiger partial charge in [0.15, 0.2) is 0 Å². The molecule has 34 heavy (non-hydrogen) atoms. The maximum absolute atomic E-state index is 13.0. The zero-order valence-electron chi connectivity index (χ0n) is 19.5. The van der Waals surface area contributed by atoms with E-state index in [-0.39, 0.29) is 24.3 Å². The number of nitrogens with two attached hydrogens (primary N) is 1. The third-order valence-electron chi connectivity index (χ3n) is 5.47. The summed E-state index contributed by atoms with van der Waals surface area (Å²) < 4.78 is 5.47. The van der Waals surface area contributed by atoms with Crippen LogP contribution in [0.15, 0.2) is 54.6 Å². The molecule has 1 unspecified atom stereocenters. The number of hydrogen-bond acceptors (Lipinski definition) is 5. The third kappa shape index (κ3) is 7.45. The number of nitrogens with one attached hydrogen (secondary N) is 2. The molecule has 180 valence electrons. The Labute approximate surface area is 200 Å². The number of anilines is 1. The molecule has 1 saturated heterocycles. The average Bonchev–Trinajstić information content (AvgIpc) is 2.99. The Balaban J connectivity index is 1.57. The maximum Gasteiger partial charge on any atom is 0.245 e. The van der Waals surface area contributed by atoms with Gasteiger partial charge in [-0.1, -0.05) is 24.3 Å². The summed E-state index contributed by atoms with van der Waals surface area (Å²) in [6.07, 6.45) is 5.18. The molecular formula is C26H32N4O4. The molecule has 3 rings (SSSR count). The fourth-order valence-corrected chi connectivity index (χ4v) is 3.81. The highest BCUT2D eigenvalue weighted by molar-refractivity contribution is 5.98. The highest BCUT2D eigenvalue weighted by Gasteiger charge is 2.29. The van der Waals surface area contributed by atoms with E-state index in [2.05, 4.69) is 10.6 Å². The van der Waals surface area contributed by atoms with Crippen LogP contribution in [0.3, 0.4) is 0 Å². The van der Waals surface area contributed by atoms with Gasteiger partial charge in [0, 0.05) is 24.9 Å². The summed E-state index contributed by atoms with van der Waals surface area (Å²) >= 11 is 0. The number of carbonyl (C=O) groups excluding carboxylic acids is 3. The van der Waals surface area contributed by atoms with E-state index in [0.717, 1.165) is 29.7 Å². The Morgan fingerprint density at radius 3 is 2.79 bits per heavy atom. The minimum atomic E-state index is -0.664. The fraction of sp³-hybridized carbons (Fsp3) is 0.346. The molecule has 1 aliphatic heterocycles. The van der Waals surface area contributed by atoms with E-state index in [0.29, 0.717) is 31.8 Å². The van der Waals surface area contributed by atoms with Crippen LogP contribution in [0.1, 0.15) is 37.3 Å². The predicted molar refractivity (Wildman–Crippen MR) is 132 cm³/mol. The standard InChI is InChI=1S/C26H32N4O4/c1-2-34-22-10-6-7-19(16-22)12-13-24(31)29-23-11-3-4-14-30(26(23)33)18-25(32)28-21-9-5-8-20(15-21)17-27/h5-10,12-13,15-16,23H,2-4,11,14,17-18,27H2,1H3,(H,28,32)(H,29,31)/b13-12+. The van der Waals surface area contributed by atoms with E-state index in [9.17, 15) is 14.4 Å². The predicted octanol–water partition coefficient (Wildman–Crippen LogP) is 2.69. The zero-order valence-corrected chi connectivity index (χ0v) is 19.5. The van der Waals surface area contributed by atoms with Crippen LogP contribution in [-0.2, 0) is 20.9 Å². The highest BCUT2D eigenvalue weighted by atomic mass is 16.5. The minimum Gasteiger partial charge on any atom is -0.494 e. The van der Waals surface area contributed by atoms with Crippen molar-refractivity contribution in [3.05, 3.63) is 65.7 Å². The van der Waals surface area contributed by atoms with Crippen LogP contribution in [-0.4, -0.2) is 48.4 Å². The van der Waals surface area contributed by atoms with Gasteiger partial charge < -0.3 is 26.0 Å². The summed E-state index contributed by atoms with van der Waals surface area (Å²) in [5, 5.41) is 5.61. The van der Waals surface area contributed by atoms with Crippen molar-refractivity contribution in [2.45, 2.75) is 38.8 Å². The van der Waals surface area contributed by atoms with E-state index in [1.165, 1.54) is 11.0 Å². The zero-order chi connectivity index (χ0) is 24.3. The molecule has 0 aromatic heterocycles. The second kappa shape index (κ2) is 12.6. The van der Waals surface area contributed by atoms with Gasteiger partial charge in [-0.25, -0.2) is 0 Å². The number of benzene rings is 2. The highest BCUT2D eigenvalue weighted by Crippen LogP contribution is 2.16. The second-order valence-electron chi connectivity index (χ2n) is 8.11. The van der Waals surface area contributed by atoms with Crippen molar-refractivity contribution in [2.75, 3.05) is 25.0 Å². The number of carbonyl (C=O) groups is 3. The number of rotatable bonds is 9. The van der Waals surface area contributed by atoms with E-state index >= 15 is 0 Å². The number of hydrogen-bond donors (Lipinski definition) is 3. The lowest BCUT2D eigenvalue weighted by Gasteiger charge is -2.24. The van der Waals surface area contributed by atoms with Gasteiger partial charge in [0.25, 0.3) is 0 Å². The first-order valence-electron chi connectivity index (χ1n) is 11.6. The Hall–Kier alpha value is -3.65. The summed E-state index contributed by atoms with van der Waals surface area (Å²) in [7, 11) is 0. The molecule has 2 aromatic rings. The molecule has 1 atom stereocenters. The lowest BCUT2D eigenvalue weighted by Crippen LogP contribution is -2.49. The van der Waals surface area contributed by atoms with Crippen molar-refractivity contribution in [1.82, 2.24) is 10.2 Å². The minimum absolute atomic E-state index is 0.0713. The quantitative estimate of drug-likeness (QED) is 0.494. The smallest absolute Gasteiger partial charge is 0.245 e. The number of ether oxygens (including phenoxy) is 1. The van der Waals surface area contributed by atoms with Crippen LogP contribution in [0.2, 0.25) is 0 Å². The van der Waals surface area contributed by atoms with E-state index < -0.39 is 6.04 Å². The van der Waals surface area contributed by atoms with Crippen molar-refractivity contribution in [1.29, 1.82) is 0 Å². The van der Waals surface area contributed by atoms with Crippen LogP contribution in [0.25, 0.3) is 6.08 Å². The van der Waals surface area contributed by atoms with E-state index in [4.69, 9.17) is 10.5 Å². The average molecular weight is 465 g/mol. The molecule has 8 nitrogen and oxygen atoms in total. The van der Waals surface area contributed by atoms with E-state index in [1.54, 1.807) is 12.1 Å². The molecule has 3 amide bonds. The Bertz CT molecular complexity index is 1040. The summed E-state index contributed by atoms with van der Waals surface area (Å²) in [5.41, 5.74) is 8.02. The fourth-order valence-electron chi connectivity index (χ4n) is 3.81. The SMILES string of the molecule is CCOc1cccc(/C=C/C(=O)NC2CCCCN(CC(=O)Nc3cccc(CN)c3)C2=O)c1. The topological polar surface area (TPSA) is 114 Å². The summed E-state index contributed by atoms with van der Waals surface area (Å²) in [6, 6.07) is 14.0. The van der Waals surface area contributed by atoms with Gasteiger partial charge >= 0.3 is 0 Å². The molecule has 8 heteroatoms. The van der Waals surface area contributed by atoms with Crippen molar-refractivity contribution in [3.8, 4) is 5.75 Å². The van der Waals surface area contributed by atoms with Crippen LogP contribution < -0.4 is 21.1 Å². The van der Waals surface area contributed by atoms with Gasteiger partial charge in [0.2, 0.25) is 17.7 Å². The first-order valence-corrected chi connectivity index (χ1v) is 11.6. The van der Waals surface area contributed by atoms with Crippen molar-refractivity contribution < 1.29 is 19.1 Å². The lowest BCUT2D eigenvalue weighted by molar-refractivity contribution is -0.137. The number of nitrogens with zero attached hydrogens (tertiary/aromatic N) is 1. The van der Waals surface area contributed by atoms with Crippen molar-refractivity contribution >= 4 is 29.5 Å². The molecule has 1 heterocycles. The van der Waals surface area contributed by atoms with Crippen LogP contribution in [0.4, 0.5) is 5.69 Å². The molecule has 0 radical (unpaired) electrons. The molecule has 4 N–H and O–H groups in total. The van der Waals surface area contributed by atoms with Gasteiger partial charge in [-0.15, -0.1) is 0 Å². The molecule has 1 fully saturated rings. The summed E-state index contributed by atoms with van der Waals surface area (Å²) in [4.78, 5) is 39.6. The molecule has 2 aromatic carbocycles. The van der Waals surface area contributed by atoms with Crippen molar-refractivity contribution in [3.63, 3.8) is 0 Å². The largest absolute Gasteiger partial charge is 0.494 e. The van der Waals surface area contributed by atoms with Crippen LogP contribution in [0.5, 0.6) is 5.75 Å². The third-order valence-corrected chi connectivity index (χ3v) is 5.47. The van der Waals surface area contributed by atoms with Gasteiger partial charge in [-0.2, -0.15) is 0 Å². The van der Waals surface area contributed by atoms with Gasteiger partial charge in [-0.3, -0.25) is 14.4 Å². The molecule has 0 saturated carbocycles. The number of likely N-dealkylation sites (tertiary alicyclic amines) is 1. The van der Waals surface area contributed by atoms with Gasteiger partial charge in [-0.05, 0) is 67.7 Å². The monoisotopic (exact) mass is 464 g/mol. The molecule has 0 bridgehead atoms. The lowest BCUT2D eigenvalue weighted by atomic mass is 10.1. The first-order chi connectivity index (χ1) is 16.5. The van der Waals surface area contributed by atoms with Gasteiger partial charge in [0.1, 0.15) is 11.8 Å². The molecular weight excluding hydrogens is 432 g/mol. The molecule has 0 spiro atoms. The summed E-state index contributed by atoms with van der Waals surface area (Å²) in [5.74, 6) is -0.162. The summed E-state index contributed by atoms with van der Waals surface area (Å²) in [6.45, 7) is 3.25. The Morgan fingerprint density at radius 1 is 1.18 bits per heavy atom. The normalized spacial score (nSPS) is 16.2. The maximum atomic E-state index is 13.0. The Kier molecular flexibility index (Phi) is 9.22. The van der Waals surface area contributed by atoms with Crippen molar-refractivity contribution in [2.24, 2.45) is 5.73 Å². The molecule has 0 aliphatic carbocycles. The van der Waals surface area contributed by atoms with Crippen LogP contribution >= 0.6 is 0 Å². The molecule has 1 aliphatic rings. The number of amides is 3.